The first-order valence-corrected chi connectivity index (χ1v) is 8.24. The lowest BCUT2D eigenvalue weighted by molar-refractivity contribution is -0.122. The van der Waals surface area contributed by atoms with Crippen molar-refractivity contribution in [3.05, 3.63) is 65.7 Å². The summed E-state index contributed by atoms with van der Waals surface area (Å²) in [5, 5.41) is 8.15. The number of fused-ring (bicyclic) bond motifs is 1. The summed E-state index contributed by atoms with van der Waals surface area (Å²) in [5.74, 6) is 0.430. The molecule has 1 aliphatic rings. The summed E-state index contributed by atoms with van der Waals surface area (Å²) in [6.45, 7) is 0.577. The van der Waals surface area contributed by atoms with Crippen molar-refractivity contribution in [1.82, 2.24) is 16.0 Å². The van der Waals surface area contributed by atoms with Crippen LogP contribution in [0.3, 0.4) is 0 Å². The maximum atomic E-state index is 12.6. The number of imide groups is 1. The van der Waals surface area contributed by atoms with Crippen LogP contribution in [0.5, 0.6) is 5.75 Å². The summed E-state index contributed by atoms with van der Waals surface area (Å²) < 4.78 is 5.68. The molecule has 2 aromatic carbocycles. The van der Waals surface area contributed by atoms with E-state index in [1.165, 1.54) is 7.05 Å². The van der Waals surface area contributed by atoms with Crippen molar-refractivity contribution >= 4 is 11.9 Å². The Morgan fingerprint density at radius 3 is 2.56 bits per heavy atom. The summed E-state index contributed by atoms with van der Waals surface area (Å²) in [6.07, 6.45) is 0.744. The van der Waals surface area contributed by atoms with Crippen LogP contribution in [0.25, 0.3) is 0 Å². The number of carbonyl (C=O) groups excluding carboxylic acids is 2. The van der Waals surface area contributed by atoms with E-state index in [0.717, 1.165) is 23.3 Å². The van der Waals surface area contributed by atoms with Crippen molar-refractivity contribution in [3.63, 3.8) is 0 Å². The number of carbonyl (C=O) groups is 2. The lowest BCUT2D eigenvalue weighted by Gasteiger charge is -2.30. The van der Waals surface area contributed by atoms with E-state index in [0.29, 0.717) is 6.61 Å². The molecule has 0 saturated heterocycles. The molecule has 2 aromatic rings. The van der Waals surface area contributed by atoms with Gasteiger partial charge in [-0.1, -0.05) is 48.5 Å². The Morgan fingerprint density at radius 2 is 1.80 bits per heavy atom. The molecule has 1 aliphatic heterocycles. The summed E-state index contributed by atoms with van der Waals surface area (Å²) in [5.41, 5.74) is 1.82. The molecule has 0 fully saturated rings. The second kappa shape index (κ2) is 7.81. The van der Waals surface area contributed by atoms with Crippen molar-refractivity contribution in [2.45, 2.75) is 18.5 Å². The van der Waals surface area contributed by atoms with Gasteiger partial charge in [-0.15, -0.1) is 0 Å². The fourth-order valence-corrected chi connectivity index (χ4v) is 2.93. The maximum absolute atomic E-state index is 12.6. The van der Waals surface area contributed by atoms with E-state index in [2.05, 4.69) is 16.0 Å². The van der Waals surface area contributed by atoms with E-state index >= 15 is 0 Å². The lowest BCUT2D eigenvalue weighted by atomic mass is 9.97. The molecule has 3 N–H and O–H groups in total. The SMILES string of the molecule is CNC(=O)NC(=O)[C@@H](N[C@@H]1CCOc2ccccc21)c1ccccc1. The Labute approximate surface area is 146 Å². The first-order valence-electron chi connectivity index (χ1n) is 8.24. The number of amides is 3. The number of hydrogen-bond acceptors (Lipinski definition) is 4. The zero-order chi connectivity index (χ0) is 17.6. The van der Waals surface area contributed by atoms with E-state index in [-0.39, 0.29) is 6.04 Å². The molecule has 130 valence electrons. The van der Waals surface area contributed by atoms with Crippen molar-refractivity contribution in [2.24, 2.45) is 0 Å². The Morgan fingerprint density at radius 1 is 1.08 bits per heavy atom. The van der Waals surface area contributed by atoms with Gasteiger partial charge in [0.1, 0.15) is 11.8 Å². The van der Waals surface area contributed by atoms with Crippen LogP contribution in [0.2, 0.25) is 0 Å². The normalized spacial score (nSPS) is 16.9. The van der Waals surface area contributed by atoms with Gasteiger partial charge in [-0.25, -0.2) is 4.79 Å². The number of para-hydroxylation sites is 1. The van der Waals surface area contributed by atoms with Crippen LogP contribution in [0.4, 0.5) is 4.79 Å². The van der Waals surface area contributed by atoms with E-state index in [1.807, 2.05) is 54.6 Å². The summed E-state index contributed by atoms with van der Waals surface area (Å²) in [6, 6.07) is 15.9. The molecule has 3 rings (SSSR count). The van der Waals surface area contributed by atoms with Crippen LogP contribution in [0.1, 0.15) is 29.6 Å². The van der Waals surface area contributed by atoms with Crippen molar-refractivity contribution in [3.8, 4) is 5.75 Å². The number of hydrogen-bond donors (Lipinski definition) is 3. The molecule has 0 saturated carbocycles. The van der Waals surface area contributed by atoms with Gasteiger partial charge in [0.2, 0.25) is 5.91 Å². The van der Waals surface area contributed by atoms with E-state index < -0.39 is 18.0 Å². The van der Waals surface area contributed by atoms with Crippen LogP contribution in [0, 0.1) is 0 Å². The molecule has 3 amide bonds. The predicted octanol–water partition coefficient (Wildman–Crippen LogP) is 2.30. The van der Waals surface area contributed by atoms with Crippen molar-refractivity contribution in [2.75, 3.05) is 13.7 Å². The second-order valence-corrected chi connectivity index (χ2v) is 5.81. The number of benzene rings is 2. The maximum Gasteiger partial charge on any atom is 0.321 e. The molecule has 0 unspecified atom stereocenters. The lowest BCUT2D eigenvalue weighted by Crippen LogP contribution is -2.45. The van der Waals surface area contributed by atoms with Gasteiger partial charge in [0.05, 0.1) is 6.61 Å². The number of rotatable bonds is 4. The number of ether oxygens (including phenoxy) is 1. The largest absolute Gasteiger partial charge is 0.493 e. The van der Waals surface area contributed by atoms with Gasteiger partial charge in [0.15, 0.2) is 0 Å². The van der Waals surface area contributed by atoms with Gasteiger partial charge in [-0.2, -0.15) is 0 Å². The van der Waals surface area contributed by atoms with Gasteiger partial charge >= 0.3 is 6.03 Å². The Kier molecular flexibility index (Phi) is 5.30. The fourth-order valence-electron chi connectivity index (χ4n) is 2.93. The third-order valence-corrected chi connectivity index (χ3v) is 4.19. The van der Waals surface area contributed by atoms with Gasteiger partial charge in [0.25, 0.3) is 0 Å². The van der Waals surface area contributed by atoms with E-state index in [1.54, 1.807) is 0 Å². The zero-order valence-electron chi connectivity index (χ0n) is 14.0. The summed E-state index contributed by atoms with van der Waals surface area (Å²) in [7, 11) is 1.47. The first kappa shape index (κ1) is 17.0. The highest BCUT2D eigenvalue weighted by Gasteiger charge is 2.28. The van der Waals surface area contributed by atoms with Crippen LogP contribution in [-0.2, 0) is 4.79 Å². The Balaban J connectivity index is 1.86. The average molecular weight is 339 g/mol. The van der Waals surface area contributed by atoms with Crippen LogP contribution in [-0.4, -0.2) is 25.6 Å². The highest BCUT2D eigenvalue weighted by atomic mass is 16.5. The zero-order valence-corrected chi connectivity index (χ0v) is 14.0. The molecule has 0 radical (unpaired) electrons. The van der Waals surface area contributed by atoms with Crippen molar-refractivity contribution in [1.29, 1.82) is 0 Å². The molecule has 6 heteroatoms. The van der Waals surface area contributed by atoms with Gasteiger partial charge in [-0.05, 0) is 11.6 Å². The number of nitrogens with one attached hydrogen (secondary N) is 3. The van der Waals surface area contributed by atoms with Gasteiger partial charge in [0, 0.05) is 25.1 Å². The molecule has 2 atom stereocenters. The summed E-state index contributed by atoms with van der Waals surface area (Å²) >= 11 is 0. The second-order valence-electron chi connectivity index (χ2n) is 5.81. The predicted molar refractivity (Wildman–Crippen MR) is 94.2 cm³/mol. The molecular formula is C19H21N3O3. The minimum atomic E-state index is -0.644. The topological polar surface area (TPSA) is 79.5 Å². The minimum absolute atomic E-state index is 0.0365. The van der Waals surface area contributed by atoms with Gasteiger partial charge in [-0.3, -0.25) is 15.4 Å². The van der Waals surface area contributed by atoms with Crippen LogP contribution < -0.4 is 20.7 Å². The van der Waals surface area contributed by atoms with E-state index in [9.17, 15) is 9.59 Å². The Hall–Kier alpha value is -2.86. The molecule has 0 bridgehead atoms. The monoisotopic (exact) mass is 339 g/mol. The van der Waals surface area contributed by atoms with Gasteiger partial charge < -0.3 is 10.1 Å². The van der Waals surface area contributed by atoms with Crippen molar-refractivity contribution < 1.29 is 14.3 Å². The molecular weight excluding hydrogens is 318 g/mol. The molecule has 25 heavy (non-hydrogen) atoms. The fraction of sp³-hybridized carbons (Fsp3) is 0.263. The average Bonchev–Trinajstić information content (AvgIpc) is 2.66. The third-order valence-electron chi connectivity index (χ3n) is 4.19. The highest BCUT2D eigenvalue weighted by molar-refractivity contribution is 5.97. The molecule has 0 aliphatic carbocycles. The first-order chi connectivity index (χ1) is 12.2. The molecule has 0 aromatic heterocycles. The molecule has 1 heterocycles. The minimum Gasteiger partial charge on any atom is -0.493 e. The quantitative estimate of drug-likeness (QED) is 0.798. The Bertz CT molecular complexity index is 749. The van der Waals surface area contributed by atoms with Crippen LogP contribution in [0.15, 0.2) is 54.6 Å². The number of urea groups is 1. The third kappa shape index (κ3) is 3.97. The highest BCUT2D eigenvalue weighted by Crippen LogP contribution is 2.33. The standard InChI is InChI=1S/C19H21N3O3/c1-20-19(24)22-18(23)17(13-7-3-2-4-8-13)21-15-11-12-25-16-10-6-5-9-14(15)16/h2-10,15,17,21H,11-12H2,1H3,(H2,20,22,23,24)/t15-,17+/m1/s1. The van der Waals surface area contributed by atoms with E-state index in [4.69, 9.17) is 4.74 Å². The molecule has 0 spiro atoms. The smallest absolute Gasteiger partial charge is 0.321 e. The van der Waals surface area contributed by atoms with Crippen LogP contribution >= 0.6 is 0 Å². The summed E-state index contributed by atoms with van der Waals surface area (Å²) in [4.78, 5) is 24.2. The molecule has 6 nitrogen and oxygen atoms in total.